The highest BCUT2D eigenvalue weighted by atomic mass is 32.2. The molecule has 0 aliphatic heterocycles. The zero-order valence-electron chi connectivity index (χ0n) is 10.0. The monoisotopic (exact) mass is 317 g/mol. The van der Waals surface area contributed by atoms with E-state index < -0.39 is 35.1 Å². The highest BCUT2D eigenvalue weighted by Crippen LogP contribution is 2.37. The van der Waals surface area contributed by atoms with Crippen LogP contribution in [0.2, 0.25) is 0 Å². The molecule has 0 fully saturated rings. The van der Waals surface area contributed by atoms with Crippen LogP contribution < -0.4 is 5.32 Å². The summed E-state index contributed by atoms with van der Waals surface area (Å²) in [6.45, 7) is 0. The summed E-state index contributed by atoms with van der Waals surface area (Å²) < 4.78 is 75.2. The lowest BCUT2D eigenvalue weighted by Crippen LogP contribution is -2.17. The minimum Gasteiger partial charge on any atom is -0.325 e. The van der Waals surface area contributed by atoms with E-state index in [4.69, 9.17) is 0 Å². The van der Waals surface area contributed by atoms with Crippen molar-refractivity contribution in [3.05, 3.63) is 29.3 Å². The average molecular weight is 317 g/mol. The molecular weight excluding hydrogens is 308 g/mol. The Balaban J connectivity index is 3.21. The molecule has 20 heavy (non-hydrogen) atoms. The molecular formula is C11H9F6NOS. The molecule has 112 valence electrons. The van der Waals surface area contributed by atoms with Gasteiger partial charge in [-0.05, 0) is 24.5 Å². The molecule has 0 aromatic heterocycles. The summed E-state index contributed by atoms with van der Waals surface area (Å²) in [4.78, 5) is 11.2. The average Bonchev–Trinajstić information content (AvgIpc) is 2.26. The topological polar surface area (TPSA) is 29.1 Å². The van der Waals surface area contributed by atoms with Gasteiger partial charge in [-0.3, -0.25) is 4.79 Å². The van der Waals surface area contributed by atoms with Crippen molar-refractivity contribution in [1.82, 2.24) is 0 Å². The van der Waals surface area contributed by atoms with E-state index in [1.54, 1.807) is 6.26 Å². The van der Waals surface area contributed by atoms with Gasteiger partial charge in [0.15, 0.2) is 0 Å². The third-order valence-corrected chi connectivity index (χ3v) is 2.70. The minimum absolute atomic E-state index is 0.00419. The minimum atomic E-state index is -4.93. The molecule has 0 spiro atoms. The van der Waals surface area contributed by atoms with Crippen molar-refractivity contribution < 1.29 is 31.1 Å². The number of carbonyl (C=O) groups is 1. The maximum Gasteiger partial charge on any atom is 0.416 e. The van der Waals surface area contributed by atoms with Crippen LogP contribution in [-0.4, -0.2) is 17.9 Å². The molecule has 0 bridgehead atoms. The maximum atomic E-state index is 12.5. The summed E-state index contributed by atoms with van der Waals surface area (Å²) in [7, 11) is 0. The predicted octanol–water partition coefficient (Wildman–Crippen LogP) is 4.03. The first kappa shape index (κ1) is 16.7. The van der Waals surface area contributed by atoms with Gasteiger partial charge in [0.1, 0.15) is 0 Å². The van der Waals surface area contributed by atoms with Gasteiger partial charge in [-0.25, -0.2) is 0 Å². The predicted molar refractivity (Wildman–Crippen MR) is 63.5 cm³/mol. The second-order valence-electron chi connectivity index (χ2n) is 3.78. The summed E-state index contributed by atoms with van der Waals surface area (Å²) in [6.07, 6.45) is -8.28. The van der Waals surface area contributed by atoms with Crippen LogP contribution in [-0.2, 0) is 17.1 Å². The molecule has 2 nitrogen and oxygen atoms in total. The summed E-state index contributed by atoms with van der Waals surface area (Å²) in [5.41, 5.74) is -3.47. The van der Waals surface area contributed by atoms with E-state index >= 15 is 0 Å². The van der Waals surface area contributed by atoms with Gasteiger partial charge in [0.2, 0.25) is 5.91 Å². The number of anilines is 1. The van der Waals surface area contributed by atoms with Gasteiger partial charge < -0.3 is 5.32 Å². The number of benzene rings is 1. The highest BCUT2D eigenvalue weighted by Gasteiger charge is 2.37. The lowest BCUT2D eigenvalue weighted by molar-refractivity contribution is -0.143. The lowest BCUT2D eigenvalue weighted by Gasteiger charge is -2.14. The Morgan fingerprint density at radius 1 is 1.05 bits per heavy atom. The standard InChI is InChI=1S/C11H9F6NOS/c1-20-5-9(19)18-8-3-6(10(12,13)14)2-7(4-8)11(15,16)17/h2-4H,5H2,1H3,(H,18,19). The Hall–Kier alpha value is -1.38. The Labute approximate surface area is 114 Å². The Bertz CT molecular complexity index is 464. The molecule has 0 aliphatic carbocycles. The lowest BCUT2D eigenvalue weighted by atomic mass is 10.1. The first-order valence-electron chi connectivity index (χ1n) is 5.12. The van der Waals surface area contributed by atoms with Crippen LogP contribution in [0.25, 0.3) is 0 Å². The largest absolute Gasteiger partial charge is 0.416 e. The van der Waals surface area contributed by atoms with Crippen molar-refractivity contribution in [2.45, 2.75) is 12.4 Å². The maximum absolute atomic E-state index is 12.5. The van der Waals surface area contributed by atoms with Gasteiger partial charge >= 0.3 is 12.4 Å². The first-order chi connectivity index (χ1) is 9.04. The van der Waals surface area contributed by atoms with Crippen LogP contribution in [0, 0.1) is 0 Å². The number of rotatable bonds is 3. The number of alkyl halides is 6. The molecule has 0 atom stereocenters. The van der Waals surface area contributed by atoms with Gasteiger partial charge in [-0.1, -0.05) is 0 Å². The van der Waals surface area contributed by atoms with E-state index in [2.05, 4.69) is 0 Å². The van der Waals surface area contributed by atoms with E-state index in [1.165, 1.54) is 0 Å². The Morgan fingerprint density at radius 2 is 1.50 bits per heavy atom. The molecule has 0 saturated carbocycles. The molecule has 0 radical (unpaired) electrons. The van der Waals surface area contributed by atoms with E-state index in [0.717, 1.165) is 11.8 Å². The number of hydrogen-bond acceptors (Lipinski definition) is 2. The van der Waals surface area contributed by atoms with Crippen molar-refractivity contribution in [3.63, 3.8) is 0 Å². The van der Waals surface area contributed by atoms with Gasteiger partial charge in [0.25, 0.3) is 0 Å². The molecule has 1 rings (SSSR count). The SMILES string of the molecule is CSCC(=O)Nc1cc(C(F)(F)F)cc(C(F)(F)F)c1. The summed E-state index contributed by atoms with van der Waals surface area (Å²) >= 11 is 1.09. The van der Waals surface area contributed by atoms with Crippen molar-refractivity contribution in [2.24, 2.45) is 0 Å². The highest BCUT2D eigenvalue weighted by molar-refractivity contribution is 7.99. The molecule has 9 heteroatoms. The summed E-state index contributed by atoms with van der Waals surface area (Å²) in [5, 5.41) is 2.01. The van der Waals surface area contributed by atoms with E-state index in [1.807, 2.05) is 5.32 Å². The smallest absolute Gasteiger partial charge is 0.325 e. The van der Waals surface area contributed by atoms with Crippen molar-refractivity contribution in [1.29, 1.82) is 0 Å². The van der Waals surface area contributed by atoms with Crippen LogP contribution in [0.1, 0.15) is 11.1 Å². The fourth-order valence-corrected chi connectivity index (χ4v) is 1.69. The fraction of sp³-hybridized carbons (Fsp3) is 0.364. The summed E-state index contributed by atoms with van der Waals surface area (Å²) in [5.74, 6) is -0.748. The number of carbonyl (C=O) groups excluding carboxylic acids is 1. The number of amides is 1. The van der Waals surface area contributed by atoms with Crippen LogP contribution >= 0.6 is 11.8 Å². The van der Waals surface area contributed by atoms with Gasteiger partial charge in [-0.15, -0.1) is 0 Å². The number of hydrogen-bond donors (Lipinski definition) is 1. The molecule has 1 aromatic carbocycles. The third-order valence-electron chi connectivity index (χ3n) is 2.15. The van der Waals surface area contributed by atoms with Crippen LogP contribution in [0.4, 0.5) is 32.0 Å². The number of nitrogens with one attached hydrogen (secondary N) is 1. The molecule has 0 aliphatic rings. The summed E-state index contributed by atoms with van der Waals surface area (Å²) in [6, 6.07) is 0.936. The van der Waals surface area contributed by atoms with Crippen LogP contribution in [0.15, 0.2) is 18.2 Å². The van der Waals surface area contributed by atoms with Crippen LogP contribution in [0.3, 0.4) is 0 Å². The first-order valence-corrected chi connectivity index (χ1v) is 6.51. The van der Waals surface area contributed by atoms with E-state index in [9.17, 15) is 31.1 Å². The van der Waals surface area contributed by atoms with E-state index in [-0.39, 0.29) is 11.8 Å². The van der Waals surface area contributed by atoms with Crippen LogP contribution in [0.5, 0.6) is 0 Å². The quantitative estimate of drug-likeness (QED) is 0.853. The van der Waals surface area contributed by atoms with Crippen molar-refractivity contribution in [2.75, 3.05) is 17.3 Å². The third kappa shape index (κ3) is 4.62. The molecule has 1 amide bonds. The van der Waals surface area contributed by atoms with Crippen molar-refractivity contribution >= 4 is 23.4 Å². The zero-order valence-corrected chi connectivity index (χ0v) is 10.8. The fourth-order valence-electron chi connectivity index (χ4n) is 1.36. The van der Waals surface area contributed by atoms with Crippen molar-refractivity contribution in [3.8, 4) is 0 Å². The Morgan fingerprint density at radius 3 is 1.85 bits per heavy atom. The van der Waals surface area contributed by atoms with Gasteiger partial charge in [0.05, 0.1) is 16.9 Å². The van der Waals surface area contributed by atoms with E-state index in [0.29, 0.717) is 12.1 Å². The second kappa shape index (κ2) is 5.94. The van der Waals surface area contributed by atoms with Gasteiger partial charge in [0, 0.05) is 5.69 Å². The molecule has 1 N–H and O–H groups in total. The molecule has 1 aromatic rings. The number of thioether (sulfide) groups is 1. The molecule has 0 heterocycles. The van der Waals surface area contributed by atoms with Gasteiger partial charge in [-0.2, -0.15) is 38.1 Å². The second-order valence-corrected chi connectivity index (χ2v) is 4.64. The normalized spacial score (nSPS) is 12.3. The zero-order chi connectivity index (χ0) is 15.6. The molecule has 0 unspecified atom stereocenters. The Kier molecular flexibility index (Phi) is 4.95. The number of halogens is 6. The molecule has 0 saturated heterocycles.